The summed E-state index contributed by atoms with van der Waals surface area (Å²) >= 11 is 5.94. The maximum atomic E-state index is 12.2. The first-order valence-corrected chi connectivity index (χ1v) is 7.39. The first-order chi connectivity index (χ1) is 9.97. The number of carboxylic acids is 1. The molecule has 21 heavy (non-hydrogen) atoms. The number of nitrogens with zero attached hydrogens (tertiary/aromatic N) is 1. The maximum absolute atomic E-state index is 12.2. The number of halogens is 1. The molecule has 0 bridgehead atoms. The molecule has 2 atom stereocenters. The summed E-state index contributed by atoms with van der Waals surface area (Å²) in [6.07, 6.45) is 1.35. The van der Waals surface area contributed by atoms with Crippen LogP contribution < -0.4 is 5.32 Å². The molecule has 2 rings (SSSR count). The monoisotopic (exact) mass is 310 g/mol. The number of piperidine rings is 1. The number of carbonyl (C=O) groups excluding carboxylic acids is 1. The van der Waals surface area contributed by atoms with E-state index in [0.29, 0.717) is 18.0 Å². The lowest BCUT2D eigenvalue weighted by Crippen LogP contribution is -2.47. The highest BCUT2D eigenvalue weighted by Crippen LogP contribution is 2.20. The van der Waals surface area contributed by atoms with E-state index in [1.165, 1.54) is 0 Å². The van der Waals surface area contributed by atoms with Gasteiger partial charge in [-0.15, -0.1) is 0 Å². The summed E-state index contributed by atoms with van der Waals surface area (Å²) in [6.45, 7) is 2.74. The van der Waals surface area contributed by atoms with Gasteiger partial charge < -0.3 is 15.3 Å². The van der Waals surface area contributed by atoms with E-state index >= 15 is 0 Å². The Morgan fingerprint density at radius 1 is 1.48 bits per heavy atom. The first-order valence-electron chi connectivity index (χ1n) is 7.01. The number of carbonyl (C=O) groups is 2. The molecule has 1 saturated heterocycles. The Kier molecular flexibility index (Phi) is 5.07. The lowest BCUT2D eigenvalue weighted by Gasteiger charge is -2.31. The van der Waals surface area contributed by atoms with E-state index in [1.54, 1.807) is 11.0 Å². The molecule has 2 N–H and O–H groups in total. The molecule has 1 aromatic rings. The molecule has 1 aromatic carbocycles. The molecule has 5 nitrogen and oxygen atoms in total. The minimum absolute atomic E-state index is 0.179. The van der Waals surface area contributed by atoms with E-state index < -0.39 is 11.9 Å². The molecule has 0 aliphatic carbocycles. The van der Waals surface area contributed by atoms with Gasteiger partial charge in [0.05, 0.1) is 12.0 Å². The minimum atomic E-state index is -0.838. The number of urea groups is 1. The third kappa shape index (κ3) is 4.11. The van der Waals surface area contributed by atoms with E-state index in [1.807, 2.05) is 25.1 Å². The van der Waals surface area contributed by atoms with Crippen molar-refractivity contribution in [1.82, 2.24) is 10.2 Å². The standard InChI is InChI=1S/C15H19ClN2O3/c1-10(11-4-2-6-13(16)8-11)17-15(21)18-7-3-5-12(9-18)14(19)20/h2,4,6,8,10,12H,3,5,7,9H2,1H3,(H,17,21)(H,19,20)/t10?,12-/m1/s1. The summed E-state index contributed by atoms with van der Waals surface area (Å²) in [5, 5.41) is 12.6. The van der Waals surface area contributed by atoms with E-state index in [-0.39, 0.29) is 18.6 Å². The number of rotatable bonds is 3. The van der Waals surface area contributed by atoms with Crippen LogP contribution in [0, 0.1) is 5.92 Å². The van der Waals surface area contributed by atoms with Gasteiger partial charge >= 0.3 is 12.0 Å². The summed E-state index contributed by atoms with van der Waals surface area (Å²) in [4.78, 5) is 24.8. The number of hydrogen-bond acceptors (Lipinski definition) is 2. The second-order valence-corrected chi connectivity index (χ2v) is 5.79. The molecule has 6 heteroatoms. The van der Waals surface area contributed by atoms with Crippen LogP contribution in [-0.4, -0.2) is 35.1 Å². The van der Waals surface area contributed by atoms with Crippen molar-refractivity contribution in [2.75, 3.05) is 13.1 Å². The fourth-order valence-electron chi connectivity index (χ4n) is 2.50. The van der Waals surface area contributed by atoms with Crippen LogP contribution in [-0.2, 0) is 4.79 Å². The van der Waals surface area contributed by atoms with Gasteiger partial charge in [0.15, 0.2) is 0 Å². The average molecular weight is 311 g/mol. The lowest BCUT2D eigenvalue weighted by molar-refractivity contribution is -0.143. The number of amides is 2. The van der Waals surface area contributed by atoms with Crippen LogP contribution in [0.3, 0.4) is 0 Å². The fourth-order valence-corrected chi connectivity index (χ4v) is 2.70. The molecule has 1 heterocycles. The second kappa shape index (κ2) is 6.80. The predicted molar refractivity (Wildman–Crippen MR) is 80.3 cm³/mol. The SMILES string of the molecule is CC(NC(=O)N1CCC[C@@H](C(=O)O)C1)c1cccc(Cl)c1. The Morgan fingerprint density at radius 2 is 2.24 bits per heavy atom. The van der Waals surface area contributed by atoms with E-state index in [4.69, 9.17) is 16.7 Å². The van der Waals surface area contributed by atoms with Crippen molar-refractivity contribution < 1.29 is 14.7 Å². The van der Waals surface area contributed by atoms with Gasteiger partial charge in [0, 0.05) is 18.1 Å². The van der Waals surface area contributed by atoms with Crippen molar-refractivity contribution in [3.05, 3.63) is 34.9 Å². The van der Waals surface area contributed by atoms with Crippen LogP contribution in [0.15, 0.2) is 24.3 Å². The zero-order valence-electron chi connectivity index (χ0n) is 11.9. The van der Waals surface area contributed by atoms with E-state index in [0.717, 1.165) is 12.0 Å². The second-order valence-electron chi connectivity index (χ2n) is 5.35. The van der Waals surface area contributed by atoms with Crippen molar-refractivity contribution in [2.24, 2.45) is 5.92 Å². The van der Waals surface area contributed by atoms with Crippen molar-refractivity contribution in [3.63, 3.8) is 0 Å². The quantitative estimate of drug-likeness (QED) is 0.902. The molecule has 0 spiro atoms. The number of hydrogen-bond donors (Lipinski definition) is 2. The molecule has 1 aliphatic heterocycles. The number of nitrogens with one attached hydrogen (secondary N) is 1. The van der Waals surface area contributed by atoms with Crippen LogP contribution in [0.25, 0.3) is 0 Å². The molecular formula is C15H19ClN2O3. The minimum Gasteiger partial charge on any atom is -0.481 e. The predicted octanol–water partition coefficient (Wildman–Crippen LogP) is 2.91. The first kappa shape index (κ1) is 15.6. The van der Waals surface area contributed by atoms with Crippen LogP contribution in [0.1, 0.15) is 31.4 Å². The lowest BCUT2D eigenvalue weighted by atomic mass is 9.98. The third-order valence-corrected chi connectivity index (χ3v) is 3.98. The van der Waals surface area contributed by atoms with Gasteiger partial charge in [-0.05, 0) is 37.5 Å². The molecule has 1 aliphatic rings. The van der Waals surface area contributed by atoms with Crippen LogP contribution in [0.4, 0.5) is 4.79 Å². The molecule has 0 aromatic heterocycles. The van der Waals surface area contributed by atoms with Crippen molar-refractivity contribution >= 4 is 23.6 Å². The van der Waals surface area contributed by atoms with Crippen LogP contribution in [0.2, 0.25) is 5.02 Å². The Bertz CT molecular complexity index is 535. The van der Waals surface area contributed by atoms with Crippen molar-refractivity contribution in [1.29, 1.82) is 0 Å². The topological polar surface area (TPSA) is 69.6 Å². The van der Waals surface area contributed by atoms with Crippen molar-refractivity contribution in [2.45, 2.75) is 25.8 Å². The van der Waals surface area contributed by atoms with Gasteiger partial charge in [-0.1, -0.05) is 23.7 Å². The fraction of sp³-hybridized carbons (Fsp3) is 0.467. The highest BCUT2D eigenvalue weighted by atomic mass is 35.5. The van der Waals surface area contributed by atoms with Gasteiger partial charge in [-0.3, -0.25) is 4.79 Å². The average Bonchev–Trinajstić information content (AvgIpc) is 2.47. The number of benzene rings is 1. The number of aliphatic carboxylic acids is 1. The Balaban J connectivity index is 1.96. The number of likely N-dealkylation sites (tertiary alicyclic amines) is 1. The van der Waals surface area contributed by atoms with E-state index in [9.17, 15) is 9.59 Å². The van der Waals surface area contributed by atoms with Crippen molar-refractivity contribution in [3.8, 4) is 0 Å². The van der Waals surface area contributed by atoms with Gasteiger partial charge in [0.25, 0.3) is 0 Å². The summed E-state index contributed by atoms with van der Waals surface area (Å²) < 4.78 is 0. The Hall–Kier alpha value is -1.75. The zero-order chi connectivity index (χ0) is 15.4. The molecule has 1 unspecified atom stereocenters. The Morgan fingerprint density at radius 3 is 2.90 bits per heavy atom. The normalized spacial score (nSPS) is 19.9. The van der Waals surface area contributed by atoms with E-state index in [2.05, 4.69) is 5.32 Å². The maximum Gasteiger partial charge on any atom is 0.317 e. The summed E-state index contributed by atoms with van der Waals surface area (Å²) in [5.41, 5.74) is 0.919. The molecule has 2 amide bonds. The molecule has 1 fully saturated rings. The van der Waals surface area contributed by atoms with Gasteiger partial charge in [0.1, 0.15) is 0 Å². The van der Waals surface area contributed by atoms with Gasteiger partial charge in [-0.25, -0.2) is 4.79 Å². The Labute approximate surface area is 128 Å². The highest BCUT2D eigenvalue weighted by molar-refractivity contribution is 6.30. The molecule has 114 valence electrons. The summed E-state index contributed by atoms with van der Waals surface area (Å²) in [6, 6.07) is 6.91. The van der Waals surface area contributed by atoms with Crippen LogP contribution in [0.5, 0.6) is 0 Å². The van der Waals surface area contributed by atoms with Gasteiger partial charge in [0.2, 0.25) is 0 Å². The zero-order valence-corrected chi connectivity index (χ0v) is 12.6. The summed E-state index contributed by atoms with van der Waals surface area (Å²) in [5.74, 6) is -1.30. The molecule has 0 saturated carbocycles. The number of carboxylic acid groups (broad SMARTS) is 1. The third-order valence-electron chi connectivity index (χ3n) is 3.75. The van der Waals surface area contributed by atoms with Gasteiger partial charge in [-0.2, -0.15) is 0 Å². The smallest absolute Gasteiger partial charge is 0.317 e. The highest BCUT2D eigenvalue weighted by Gasteiger charge is 2.28. The molecular weight excluding hydrogens is 292 g/mol. The largest absolute Gasteiger partial charge is 0.481 e. The summed E-state index contributed by atoms with van der Waals surface area (Å²) in [7, 11) is 0. The van der Waals surface area contributed by atoms with Crippen LogP contribution >= 0.6 is 11.6 Å². The molecule has 0 radical (unpaired) electrons.